The minimum Gasteiger partial charge on any atom is -0.307 e. The molecule has 2 aromatic rings. The van der Waals surface area contributed by atoms with Crippen molar-refractivity contribution in [3.05, 3.63) is 34.4 Å². The van der Waals surface area contributed by atoms with Gasteiger partial charge in [0, 0.05) is 38.4 Å². The zero-order chi connectivity index (χ0) is 13.8. The molecule has 6 heteroatoms. The summed E-state index contributed by atoms with van der Waals surface area (Å²) in [5, 5.41) is 12.8. The van der Waals surface area contributed by atoms with Gasteiger partial charge in [-0.2, -0.15) is 10.2 Å². The van der Waals surface area contributed by atoms with Crippen LogP contribution in [-0.4, -0.2) is 19.6 Å². The highest BCUT2D eigenvalue weighted by Crippen LogP contribution is 2.21. The molecule has 0 fully saturated rings. The molecule has 0 unspecified atom stereocenters. The first-order valence-corrected chi connectivity index (χ1v) is 6.95. The van der Waals surface area contributed by atoms with Gasteiger partial charge in [-0.3, -0.25) is 9.36 Å². The molecule has 0 saturated carbocycles. The van der Waals surface area contributed by atoms with Gasteiger partial charge in [0.25, 0.3) is 0 Å². The molecule has 0 amide bonds. The maximum absolute atomic E-state index is 6.35. The summed E-state index contributed by atoms with van der Waals surface area (Å²) in [6, 6.07) is 0. The van der Waals surface area contributed by atoms with Crippen molar-refractivity contribution in [2.75, 3.05) is 0 Å². The smallest absolute Gasteiger partial charge is 0.0863 e. The highest BCUT2D eigenvalue weighted by atomic mass is 35.5. The van der Waals surface area contributed by atoms with E-state index < -0.39 is 0 Å². The van der Waals surface area contributed by atoms with Gasteiger partial charge in [0.15, 0.2) is 0 Å². The molecule has 0 aliphatic carbocycles. The van der Waals surface area contributed by atoms with Gasteiger partial charge in [-0.25, -0.2) is 0 Å². The topological polar surface area (TPSA) is 47.7 Å². The van der Waals surface area contributed by atoms with Gasteiger partial charge in [-0.05, 0) is 13.3 Å². The lowest BCUT2D eigenvalue weighted by Gasteiger charge is -2.06. The third-order valence-corrected chi connectivity index (χ3v) is 3.51. The molecule has 0 aliphatic rings. The Morgan fingerprint density at radius 3 is 2.68 bits per heavy atom. The van der Waals surface area contributed by atoms with Crippen LogP contribution in [0.4, 0.5) is 0 Å². The van der Waals surface area contributed by atoms with E-state index in [0.717, 1.165) is 41.5 Å². The van der Waals surface area contributed by atoms with Crippen molar-refractivity contribution in [3.8, 4) is 0 Å². The van der Waals surface area contributed by atoms with Crippen LogP contribution in [0.3, 0.4) is 0 Å². The lowest BCUT2D eigenvalue weighted by molar-refractivity contribution is 0.577. The number of nitrogens with one attached hydrogen (secondary N) is 1. The summed E-state index contributed by atoms with van der Waals surface area (Å²) in [5.74, 6) is 0. The van der Waals surface area contributed by atoms with E-state index in [9.17, 15) is 0 Å². The van der Waals surface area contributed by atoms with E-state index in [1.165, 1.54) is 0 Å². The molecule has 2 heterocycles. The first kappa shape index (κ1) is 14.1. The SMILES string of the molecule is CCc1nn(CC)c(CNCc2cnn(C)c2)c1Cl. The minimum atomic E-state index is 0.717. The number of halogens is 1. The van der Waals surface area contributed by atoms with Crippen molar-refractivity contribution >= 4 is 11.6 Å². The van der Waals surface area contributed by atoms with Gasteiger partial charge in [-0.15, -0.1) is 0 Å². The number of aryl methyl sites for hydroxylation is 3. The van der Waals surface area contributed by atoms with Crippen LogP contribution in [0.2, 0.25) is 5.02 Å². The maximum atomic E-state index is 6.35. The Bertz CT molecular complexity index is 543. The van der Waals surface area contributed by atoms with Crippen molar-refractivity contribution in [1.29, 1.82) is 0 Å². The van der Waals surface area contributed by atoms with Crippen LogP contribution in [0.5, 0.6) is 0 Å². The van der Waals surface area contributed by atoms with Gasteiger partial charge < -0.3 is 5.32 Å². The second-order valence-corrected chi connectivity index (χ2v) is 4.88. The number of aromatic nitrogens is 4. The van der Waals surface area contributed by atoms with E-state index in [0.29, 0.717) is 6.54 Å². The van der Waals surface area contributed by atoms with Crippen LogP contribution in [-0.2, 0) is 33.1 Å². The van der Waals surface area contributed by atoms with E-state index in [-0.39, 0.29) is 0 Å². The summed E-state index contributed by atoms with van der Waals surface area (Å²) in [5.41, 5.74) is 3.20. The summed E-state index contributed by atoms with van der Waals surface area (Å²) < 4.78 is 3.77. The van der Waals surface area contributed by atoms with Crippen molar-refractivity contribution in [1.82, 2.24) is 24.9 Å². The van der Waals surface area contributed by atoms with E-state index >= 15 is 0 Å². The molecule has 0 spiro atoms. The molecule has 0 bridgehead atoms. The van der Waals surface area contributed by atoms with E-state index in [4.69, 9.17) is 11.6 Å². The molecule has 0 atom stereocenters. The predicted molar refractivity (Wildman–Crippen MR) is 76.0 cm³/mol. The highest BCUT2D eigenvalue weighted by Gasteiger charge is 2.13. The van der Waals surface area contributed by atoms with Gasteiger partial charge in [-0.1, -0.05) is 18.5 Å². The first-order valence-electron chi connectivity index (χ1n) is 6.58. The van der Waals surface area contributed by atoms with Crippen molar-refractivity contribution in [2.24, 2.45) is 7.05 Å². The van der Waals surface area contributed by atoms with Crippen LogP contribution >= 0.6 is 11.6 Å². The molecule has 0 radical (unpaired) electrons. The number of nitrogens with zero attached hydrogens (tertiary/aromatic N) is 4. The van der Waals surface area contributed by atoms with Crippen LogP contribution in [0.1, 0.15) is 30.8 Å². The van der Waals surface area contributed by atoms with Crippen LogP contribution < -0.4 is 5.32 Å². The molecule has 5 nitrogen and oxygen atoms in total. The zero-order valence-corrected chi connectivity index (χ0v) is 12.4. The Hall–Kier alpha value is -1.33. The van der Waals surface area contributed by atoms with Gasteiger partial charge in [0.2, 0.25) is 0 Å². The normalized spacial score (nSPS) is 11.2. The van der Waals surface area contributed by atoms with Crippen LogP contribution in [0.25, 0.3) is 0 Å². The molecule has 2 rings (SSSR count). The lowest BCUT2D eigenvalue weighted by atomic mass is 10.3. The highest BCUT2D eigenvalue weighted by molar-refractivity contribution is 6.31. The zero-order valence-electron chi connectivity index (χ0n) is 11.6. The monoisotopic (exact) mass is 281 g/mol. The summed E-state index contributed by atoms with van der Waals surface area (Å²) in [6.45, 7) is 6.48. The number of hydrogen-bond acceptors (Lipinski definition) is 3. The van der Waals surface area contributed by atoms with Gasteiger partial charge >= 0.3 is 0 Å². The molecule has 1 N–H and O–H groups in total. The Kier molecular flexibility index (Phi) is 4.61. The molecule has 104 valence electrons. The summed E-state index contributed by atoms with van der Waals surface area (Å²) in [7, 11) is 1.92. The minimum absolute atomic E-state index is 0.717. The Balaban J connectivity index is 2.00. The van der Waals surface area contributed by atoms with Gasteiger partial charge in [0.05, 0.1) is 22.6 Å². The fourth-order valence-corrected chi connectivity index (χ4v) is 2.41. The lowest BCUT2D eigenvalue weighted by Crippen LogP contribution is -2.16. The summed E-state index contributed by atoms with van der Waals surface area (Å²) in [4.78, 5) is 0. The third kappa shape index (κ3) is 3.16. The third-order valence-electron chi connectivity index (χ3n) is 3.07. The molecule has 0 aliphatic heterocycles. The van der Waals surface area contributed by atoms with Crippen LogP contribution in [0, 0.1) is 0 Å². The predicted octanol–water partition coefficient (Wildman–Crippen LogP) is 2.14. The second kappa shape index (κ2) is 6.21. The first-order chi connectivity index (χ1) is 9.15. The van der Waals surface area contributed by atoms with Crippen LogP contribution in [0.15, 0.2) is 12.4 Å². The Morgan fingerprint density at radius 1 is 1.32 bits per heavy atom. The fraction of sp³-hybridized carbons (Fsp3) is 0.538. The summed E-state index contributed by atoms with van der Waals surface area (Å²) in [6.07, 6.45) is 4.73. The molecular formula is C13H20ClN5. The number of hydrogen-bond donors (Lipinski definition) is 1. The fourth-order valence-electron chi connectivity index (χ4n) is 2.07. The van der Waals surface area contributed by atoms with Gasteiger partial charge in [0.1, 0.15) is 0 Å². The molecule has 19 heavy (non-hydrogen) atoms. The van der Waals surface area contributed by atoms with E-state index in [2.05, 4.69) is 29.4 Å². The Morgan fingerprint density at radius 2 is 2.11 bits per heavy atom. The molecule has 2 aromatic heterocycles. The average molecular weight is 282 g/mol. The standard InChI is InChI=1S/C13H20ClN5/c1-4-11-13(14)12(19(5-2)17-11)8-15-6-10-7-16-18(3)9-10/h7,9,15H,4-6,8H2,1-3H3. The van der Waals surface area contributed by atoms with Crippen molar-refractivity contribution in [3.63, 3.8) is 0 Å². The molecule has 0 aromatic carbocycles. The second-order valence-electron chi connectivity index (χ2n) is 4.50. The molecule has 0 saturated heterocycles. The van der Waals surface area contributed by atoms with E-state index in [1.54, 1.807) is 4.68 Å². The largest absolute Gasteiger partial charge is 0.307 e. The quantitative estimate of drug-likeness (QED) is 0.882. The van der Waals surface area contributed by atoms with Crippen molar-refractivity contribution in [2.45, 2.75) is 39.9 Å². The number of rotatable bonds is 6. The van der Waals surface area contributed by atoms with Crippen molar-refractivity contribution < 1.29 is 0 Å². The molecular weight excluding hydrogens is 262 g/mol. The van der Waals surface area contributed by atoms with E-state index in [1.807, 2.05) is 24.1 Å². The Labute approximate surface area is 118 Å². The maximum Gasteiger partial charge on any atom is 0.0863 e. The summed E-state index contributed by atoms with van der Waals surface area (Å²) >= 11 is 6.35. The average Bonchev–Trinajstić information content (AvgIpc) is 2.94.